The van der Waals surface area contributed by atoms with Gasteiger partial charge in [-0.15, -0.1) is 0 Å². The third-order valence-electron chi connectivity index (χ3n) is 3.51. The van der Waals surface area contributed by atoms with Crippen LogP contribution in [-0.4, -0.2) is 28.0 Å². The Labute approximate surface area is 109 Å². The molecule has 1 amide bonds. The Balaban J connectivity index is 2.62. The van der Waals surface area contributed by atoms with E-state index in [1.54, 1.807) is 0 Å². The van der Waals surface area contributed by atoms with Gasteiger partial charge in [-0.2, -0.15) is 11.8 Å². The Morgan fingerprint density at radius 2 is 2.18 bits per heavy atom. The van der Waals surface area contributed by atoms with E-state index in [0.717, 1.165) is 19.3 Å². The molecule has 0 aliphatic heterocycles. The van der Waals surface area contributed by atoms with Crippen LogP contribution in [0.3, 0.4) is 0 Å². The summed E-state index contributed by atoms with van der Waals surface area (Å²) in [5, 5.41) is 4.63. The van der Waals surface area contributed by atoms with Crippen LogP contribution in [0.4, 0.5) is 0 Å². The first-order chi connectivity index (χ1) is 7.89. The average Bonchev–Trinajstić information content (AvgIpc) is 2.61. The van der Waals surface area contributed by atoms with E-state index in [9.17, 15) is 4.79 Å². The minimum absolute atomic E-state index is 0.182. The van der Waals surface area contributed by atoms with Crippen LogP contribution in [0.2, 0.25) is 0 Å². The zero-order valence-electron chi connectivity index (χ0n) is 11.5. The first kappa shape index (κ1) is 14.8. The molecule has 1 saturated carbocycles. The third-order valence-corrected chi connectivity index (χ3v) is 5.09. The van der Waals surface area contributed by atoms with Gasteiger partial charge in [-0.25, -0.2) is 0 Å². The fourth-order valence-corrected chi connectivity index (χ4v) is 4.00. The first-order valence-electron chi connectivity index (χ1n) is 6.62. The highest BCUT2D eigenvalue weighted by atomic mass is 32.2. The monoisotopic (exact) mass is 258 g/mol. The highest BCUT2D eigenvalue weighted by Crippen LogP contribution is 2.39. The van der Waals surface area contributed by atoms with Crippen molar-refractivity contribution in [1.29, 1.82) is 0 Å². The molecule has 100 valence electrons. The molecule has 0 spiro atoms. The van der Waals surface area contributed by atoms with Crippen LogP contribution in [0.1, 0.15) is 53.4 Å². The summed E-state index contributed by atoms with van der Waals surface area (Å²) in [6.07, 6.45) is 4.05. The van der Waals surface area contributed by atoms with E-state index in [1.807, 2.05) is 11.8 Å². The van der Waals surface area contributed by atoms with Crippen molar-refractivity contribution in [1.82, 2.24) is 5.32 Å². The third kappa shape index (κ3) is 3.88. The van der Waals surface area contributed by atoms with Crippen LogP contribution in [0, 0.1) is 0 Å². The fourth-order valence-electron chi connectivity index (χ4n) is 2.52. The summed E-state index contributed by atoms with van der Waals surface area (Å²) in [6, 6.07) is 0.301. The number of amides is 1. The average molecular weight is 258 g/mol. The quantitative estimate of drug-likeness (QED) is 0.768. The van der Waals surface area contributed by atoms with Crippen molar-refractivity contribution >= 4 is 17.7 Å². The van der Waals surface area contributed by atoms with Crippen LogP contribution >= 0.6 is 11.8 Å². The van der Waals surface area contributed by atoms with Gasteiger partial charge in [0.05, 0.1) is 5.54 Å². The molecule has 3 N–H and O–H groups in total. The van der Waals surface area contributed by atoms with E-state index >= 15 is 0 Å². The second-order valence-electron chi connectivity index (χ2n) is 5.47. The van der Waals surface area contributed by atoms with Crippen LogP contribution in [0.25, 0.3) is 0 Å². The minimum atomic E-state index is -0.459. The van der Waals surface area contributed by atoms with Crippen molar-refractivity contribution in [2.24, 2.45) is 5.73 Å². The zero-order valence-corrected chi connectivity index (χ0v) is 12.3. The molecular weight excluding hydrogens is 232 g/mol. The molecule has 0 aromatic rings. The number of carbonyl (C=O) groups is 1. The molecule has 3 unspecified atom stereocenters. The number of hydrogen-bond acceptors (Lipinski definition) is 3. The maximum absolute atomic E-state index is 11.7. The molecule has 3 nitrogen and oxygen atoms in total. The van der Waals surface area contributed by atoms with Gasteiger partial charge in [0.25, 0.3) is 0 Å². The lowest BCUT2D eigenvalue weighted by Crippen LogP contribution is -2.56. The number of hydrogen-bond donors (Lipinski definition) is 2. The molecule has 1 rings (SSSR count). The zero-order chi connectivity index (χ0) is 13.1. The Hall–Kier alpha value is -0.220. The number of thioether (sulfide) groups is 1. The maximum atomic E-state index is 11.7. The largest absolute Gasteiger partial charge is 0.368 e. The highest BCUT2D eigenvalue weighted by Gasteiger charge is 2.44. The summed E-state index contributed by atoms with van der Waals surface area (Å²) >= 11 is 2.01. The summed E-state index contributed by atoms with van der Waals surface area (Å²) in [4.78, 5) is 11.7. The van der Waals surface area contributed by atoms with E-state index in [4.69, 9.17) is 5.73 Å². The lowest BCUT2D eigenvalue weighted by Gasteiger charge is -2.29. The molecule has 3 atom stereocenters. The number of nitrogens with two attached hydrogens (primary N) is 1. The van der Waals surface area contributed by atoms with E-state index < -0.39 is 5.54 Å². The topological polar surface area (TPSA) is 55.1 Å². The van der Waals surface area contributed by atoms with Crippen LogP contribution in [0.15, 0.2) is 0 Å². The van der Waals surface area contributed by atoms with E-state index in [2.05, 4.69) is 33.0 Å². The molecule has 1 aliphatic rings. The maximum Gasteiger partial charge on any atom is 0.237 e. The van der Waals surface area contributed by atoms with E-state index in [0.29, 0.717) is 16.5 Å². The van der Waals surface area contributed by atoms with Crippen molar-refractivity contribution in [2.75, 3.05) is 0 Å². The number of carbonyl (C=O) groups excluding carboxylic acids is 1. The van der Waals surface area contributed by atoms with Gasteiger partial charge in [0.2, 0.25) is 5.91 Å². The van der Waals surface area contributed by atoms with Crippen molar-refractivity contribution in [2.45, 2.75) is 75.5 Å². The van der Waals surface area contributed by atoms with Crippen molar-refractivity contribution in [3.63, 3.8) is 0 Å². The van der Waals surface area contributed by atoms with Gasteiger partial charge in [0.15, 0.2) is 0 Å². The number of primary amides is 1. The van der Waals surface area contributed by atoms with Crippen molar-refractivity contribution in [3.8, 4) is 0 Å². The second kappa shape index (κ2) is 6.10. The Kier molecular flexibility index (Phi) is 5.32. The number of nitrogens with one attached hydrogen (secondary N) is 1. The molecule has 0 bridgehead atoms. The SMILES string of the molecule is CCC(C)SC1CCC(NC(C)C)(C(N)=O)C1. The molecule has 0 heterocycles. The van der Waals surface area contributed by atoms with E-state index in [-0.39, 0.29) is 5.91 Å². The molecule has 0 aromatic carbocycles. The van der Waals surface area contributed by atoms with Gasteiger partial charge in [-0.1, -0.05) is 13.8 Å². The second-order valence-corrected chi connectivity index (χ2v) is 7.21. The van der Waals surface area contributed by atoms with Gasteiger partial charge in [-0.05, 0) is 39.5 Å². The smallest absolute Gasteiger partial charge is 0.237 e. The van der Waals surface area contributed by atoms with Gasteiger partial charge >= 0.3 is 0 Å². The molecule has 0 saturated heterocycles. The lowest BCUT2D eigenvalue weighted by molar-refractivity contribution is -0.124. The van der Waals surface area contributed by atoms with Gasteiger partial charge < -0.3 is 11.1 Å². The first-order valence-corrected chi connectivity index (χ1v) is 7.57. The fraction of sp³-hybridized carbons (Fsp3) is 0.923. The summed E-state index contributed by atoms with van der Waals surface area (Å²) in [7, 11) is 0. The summed E-state index contributed by atoms with van der Waals surface area (Å²) in [5.74, 6) is -0.182. The van der Waals surface area contributed by atoms with Gasteiger partial charge in [0.1, 0.15) is 0 Å². The Bertz CT molecular complexity index is 270. The van der Waals surface area contributed by atoms with Gasteiger partial charge in [0, 0.05) is 16.5 Å². The van der Waals surface area contributed by atoms with Gasteiger partial charge in [-0.3, -0.25) is 4.79 Å². The molecule has 0 aromatic heterocycles. The van der Waals surface area contributed by atoms with Crippen molar-refractivity contribution in [3.05, 3.63) is 0 Å². The minimum Gasteiger partial charge on any atom is -0.368 e. The molecule has 17 heavy (non-hydrogen) atoms. The molecule has 0 radical (unpaired) electrons. The Morgan fingerprint density at radius 3 is 2.65 bits per heavy atom. The van der Waals surface area contributed by atoms with Crippen LogP contribution < -0.4 is 11.1 Å². The molecule has 4 heteroatoms. The number of rotatable bonds is 6. The Morgan fingerprint density at radius 1 is 1.53 bits per heavy atom. The predicted octanol–water partition coefficient (Wildman–Crippen LogP) is 2.29. The van der Waals surface area contributed by atoms with Crippen molar-refractivity contribution < 1.29 is 4.79 Å². The summed E-state index contributed by atoms with van der Waals surface area (Å²) < 4.78 is 0. The highest BCUT2D eigenvalue weighted by molar-refractivity contribution is 8.00. The predicted molar refractivity (Wildman–Crippen MR) is 75.2 cm³/mol. The van der Waals surface area contributed by atoms with Crippen LogP contribution in [0.5, 0.6) is 0 Å². The molecule has 1 fully saturated rings. The normalized spacial score (nSPS) is 30.8. The summed E-state index contributed by atoms with van der Waals surface area (Å²) in [6.45, 7) is 8.60. The van der Waals surface area contributed by atoms with E-state index in [1.165, 1.54) is 6.42 Å². The lowest BCUT2D eigenvalue weighted by atomic mass is 9.96. The van der Waals surface area contributed by atoms with Crippen LogP contribution in [-0.2, 0) is 4.79 Å². The molecule has 1 aliphatic carbocycles. The molecular formula is C13H26N2OS. The standard InChI is InChI=1S/C13H26N2OS/c1-5-10(4)17-11-6-7-13(8-11,12(14)16)15-9(2)3/h9-11,15H,5-8H2,1-4H3,(H2,14,16). The summed E-state index contributed by atoms with van der Waals surface area (Å²) in [5.41, 5.74) is 5.14.